The highest BCUT2D eigenvalue weighted by Gasteiger charge is 2.44. The molecule has 0 fully saturated rings. The predicted octanol–water partition coefficient (Wildman–Crippen LogP) is 6.57. The van der Waals surface area contributed by atoms with Gasteiger partial charge in [-0.3, -0.25) is 0 Å². The summed E-state index contributed by atoms with van der Waals surface area (Å²) in [6.07, 6.45) is 3.58. The summed E-state index contributed by atoms with van der Waals surface area (Å²) in [5.41, 5.74) is 0. The lowest BCUT2D eigenvalue weighted by Gasteiger charge is -2.37. The van der Waals surface area contributed by atoms with Gasteiger partial charge in [0.1, 0.15) is 0 Å². The topological polar surface area (TPSA) is 55.4 Å². The minimum Gasteiger partial charge on any atom is -0.374 e. The summed E-state index contributed by atoms with van der Waals surface area (Å²) in [5, 5.41) is -0.176. The molecular formula is C20H47O6PS3Si2. The average molecular weight is 567 g/mol. The van der Waals surface area contributed by atoms with Crippen LogP contribution in [0.1, 0.15) is 74.1 Å². The monoisotopic (exact) mass is 566 g/mol. The van der Waals surface area contributed by atoms with Crippen LogP contribution in [0.4, 0.5) is 0 Å². The zero-order chi connectivity index (χ0) is 24.7. The summed E-state index contributed by atoms with van der Waals surface area (Å²) >= 11 is 15.4. The molecule has 0 aliphatic carbocycles. The SMILES string of the molecule is CCO[Si](CCCC(C)(CCC[Si](OCC)(OCC)OCC)P(=S)(S)S)(OCC)OCC. The Morgan fingerprint density at radius 2 is 0.875 bits per heavy atom. The second-order valence-electron chi connectivity index (χ2n) is 7.71. The van der Waals surface area contributed by atoms with Crippen LogP contribution in [0.2, 0.25) is 12.1 Å². The molecule has 32 heavy (non-hydrogen) atoms. The van der Waals surface area contributed by atoms with Gasteiger partial charge in [-0.05, 0) is 67.2 Å². The van der Waals surface area contributed by atoms with E-state index in [1.807, 2.05) is 41.5 Å². The van der Waals surface area contributed by atoms with Crippen molar-refractivity contribution >= 4 is 58.4 Å². The highest BCUT2D eigenvalue weighted by Crippen LogP contribution is 2.69. The van der Waals surface area contributed by atoms with Crippen LogP contribution in [0.5, 0.6) is 0 Å². The summed E-state index contributed by atoms with van der Waals surface area (Å²) in [6, 6.07) is 1.54. The second kappa shape index (κ2) is 17.1. The Morgan fingerprint density at radius 1 is 0.625 bits per heavy atom. The molecule has 0 atom stereocenters. The zero-order valence-corrected chi connectivity index (χ0v) is 26.7. The molecule has 194 valence electrons. The van der Waals surface area contributed by atoms with Crippen LogP contribution in [0, 0.1) is 0 Å². The zero-order valence-electron chi connectivity index (χ0n) is 21.2. The van der Waals surface area contributed by atoms with Gasteiger partial charge in [-0.2, -0.15) is 0 Å². The van der Waals surface area contributed by atoms with Crippen molar-refractivity contribution in [2.45, 2.75) is 91.4 Å². The molecule has 0 bridgehead atoms. The minimum absolute atomic E-state index is 0.176. The summed E-state index contributed by atoms with van der Waals surface area (Å²) < 4.78 is 33.9. The number of rotatable bonds is 21. The van der Waals surface area contributed by atoms with Crippen molar-refractivity contribution in [3.8, 4) is 0 Å². The van der Waals surface area contributed by atoms with Crippen molar-refractivity contribution in [2.75, 3.05) is 39.6 Å². The highest BCUT2D eigenvalue weighted by molar-refractivity contribution is 8.92. The summed E-state index contributed by atoms with van der Waals surface area (Å²) in [5.74, 6) is 0. The Morgan fingerprint density at radius 3 is 1.06 bits per heavy atom. The van der Waals surface area contributed by atoms with E-state index in [4.69, 9.17) is 62.9 Å². The average Bonchev–Trinajstić information content (AvgIpc) is 2.68. The summed E-state index contributed by atoms with van der Waals surface area (Å²) in [6.45, 7) is 17.6. The van der Waals surface area contributed by atoms with E-state index in [9.17, 15) is 0 Å². The normalized spacial score (nSPS) is 13.7. The first-order chi connectivity index (χ1) is 15.0. The maximum absolute atomic E-state index is 6.01. The van der Waals surface area contributed by atoms with Gasteiger partial charge in [0.15, 0.2) is 0 Å². The van der Waals surface area contributed by atoms with Crippen LogP contribution in [0.15, 0.2) is 0 Å². The third-order valence-corrected chi connectivity index (χ3v) is 17.7. The molecule has 0 spiro atoms. The van der Waals surface area contributed by atoms with Crippen LogP contribution in [0.3, 0.4) is 0 Å². The maximum Gasteiger partial charge on any atom is 0.500 e. The maximum atomic E-state index is 6.01. The van der Waals surface area contributed by atoms with Crippen LogP contribution in [0.25, 0.3) is 0 Å². The Bertz CT molecular complexity index is 475. The molecule has 0 aromatic heterocycles. The van der Waals surface area contributed by atoms with E-state index in [1.165, 1.54) is 0 Å². The van der Waals surface area contributed by atoms with Gasteiger partial charge >= 0.3 is 17.6 Å². The molecule has 0 rings (SSSR count). The predicted molar refractivity (Wildman–Crippen MR) is 150 cm³/mol. The molecule has 0 heterocycles. The molecule has 0 aliphatic rings. The molecule has 0 unspecified atom stereocenters. The smallest absolute Gasteiger partial charge is 0.374 e. The van der Waals surface area contributed by atoms with Gasteiger partial charge in [0.05, 0.1) is 4.44 Å². The summed E-state index contributed by atoms with van der Waals surface area (Å²) in [7, 11) is -5.34. The molecule has 12 heteroatoms. The Hall–Kier alpha value is 1.54. The molecule has 0 aromatic rings. The number of hydrogen-bond donors (Lipinski definition) is 2. The van der Waals surface area contributed by atoms with E-state index in [1.54, 1.807) is 0 Å². The third kappa shape index (κ3) is 11.5. The molecule has 0 aliphatic heterocycles. The Labute approximate surface area is 215 Å². The van der Waals surface area contributed by atoms with Crippen LogP contribution in [-0.2, 0) is 38.4 Å². The lowest BCUT2D eigenvalue weighted by atomic mass is 9.99. The quantitative estimate of drug-likeness (QED) is 0.0926. The van der Waals surface area contributed by atoms with E-state index in [-0.39, 0.29) is 5.16 Å². The van der Waals surface area contributed by atoms with E-state index in [0.29, 0.717) is 39.6 Å². The van der Waals surface area contributed by atoms with Crippen molar-refractivity contribution in [3.05, 3.63) is 0 Å². The fourth-order valence-corrected chi connectivity index (χ4v) is 11.7. The van der Waals surface area contributed by atoms with Gasteiger partial charge in [0, 0.05) is 56.9 Å². The fraction of sp³-hybridized carbons (Fsp3) is 1.00. The van der Waals surface area contributed by atoms with Crippen molar-refractivity contribution < 1.29 is 26.6 Å². The second-order valence-corrected chi connectivity index (χ2v) is 23.2. The number of hydrogen-bond acceptors (Lipinski definition) is 7. The minimum atomic E-state index is -2.67. The summed E-state index contributed by atoms with van der Waals surface area (Å²) in [4.78, 5) is 0. The van der Waals surface area contributed by atoms with Crippen molar-refractivity contribution in [1.29, 1.82) is 0 Å². The van der Waals surface area contributed by atoms with Gasteiger partial charge in [0.2, 0.25) is 0 Å². The van der Waals surface area contributed by atoms with E-state index >= 15 is 0 Å². The molecular weight excluding hydrogens is 520 g/mol. The van der Waals surface area contributed by atoms with E-state index < -0.39 is 22.1 Å². The first kappa shape index (κ1) is 33.5. The van der Waals surface area contributed by atoms with Gasteiger partial charge in [-0.1, -0.05) is 18.7 Å². The molecule has 6 nitrogen and oxygen atoms in total. The van der Waals surface area contributed by atoms with Gasteiger partial charge in [-0.15, -0.1) is 24.5 Å². The molecule has 0 aromatic carbocycles. The molecule has 0 N–H and O–H groups in total. The Balaban J connectivity index is 5.28. The van der Waals surface area contributed by atoms with E-state index in [0.717, 1.165) is 37.8 Å². The number of thiol groups is 2. The van der Waals surface area contributed by atoms with Crippen molar-refractivity contribution in [2.24, 2.45) is 0 Å². The lowest BCUT2D eigenvalue weighted by Crippen LogP contribution is -2.46. The first-order valence-corrected chi connectivity index (χ1v) is 20.9. The third-order valence-electron chi connectivity index (χ3n) is 5.29. The standard InChI is InChI=1S/C20H47O6PS3Si2/c1-8-21-31(22-9-2,23-10-3)18-14-16-20(7,27(28,29)30)17-15-19-32(24-11-4,25-12-5)26-13-6/h8-19H2,1-7H3,(H2,28,29,30). The lowest BCUT2D eigenvalue weighted by molar-refractivity contribution is 0.0703. The van der Waals surface area contributed by atoms with Crippen molar-refractivity contribution in [1.82, 2.24) is 0 Å². The van der Waals surface area contributed by atoms with Crippen molar-refractivity contribution in [3.63, 3.8) is 0 Å². The molecule has 0 amide bonds. The largest absolute Gasteiger partial charge is 0.500 e. The molecule has 0 saturated heterocycles. The van der Waals surface area contributed by atoms with Gasteiger partial charge in [0.25, 0.3) is 0 Å². The highest BCUT2D eigenvalue weighted by atomic mass is 33.2. The van der Waals surface area contributed by atoms with E-state index in [2.05, 4.69) is 6.92 Å². The molecule has 0 radical (unpaired) electrons. The molecule has 0 saturated carbocycles. The fourth-order valence-electron chi connectivity index (χ4n) is 3.79. The van der Waals surface area contributed by atoms with Crippen LogP contribution in [-0.4, -0.2) is 62.4 Å². The first-order valence-electron chi connectivity index (χ1n) is 11.9. The van der Waals surface area contributed by atoms with Gasteiger partial charge in [-0.25, -0.2) is 0 Å². The van der Waals surface area contributed by atoms with Crippen LogP contribution < -0.4 is 0 Å². The van der Waals surface area contributed by atoms with Gasteiger partial charge < -0.3 is 26.6 Å². The van der Waals surface area contributed by atoms with Crippen LogP contribution >= 0.6 is 28.9 Å². The Kier molecular flexibility index (Phi) is 17.9.